The van der Waals surface area contributed by atoms with E-state index in [0.717, 1.165) is 0 Å². The molecule has 104 valence electrons. The first kappa shape index (κ1) is 12.8. The van der Waals surface area contributed by atoms with Crippen LogP contribution in [-0.2, 0) is 9.59 Å². The Kier molecular flexibility index (Phi) is 3.04. The number of amides is 1. The Morgan fingerprint density at radius 2 is 1.70 bits per heavy atom. The SMILES string of the molecule is O=C([O-])[C@H]1[C@H](C(=O)Nc2ccc(F)cc2)[C@H]2C=C[C@@H]1C2. The number of halogens is 1. The van der Waals surface area contributed by atoms with Crippen molar-refractivity contribution in [3.63, 3.8) is 0 Å². The van der Waals surface area contributed by atoms with Crippen LogP contribution < -0.4 is 10.4 Å². The van der Waals surface area contributed by atoms with Crippen LogP contribution in [-0.4, -0.2) is 11.9 Å². The molecule has 0 saturated heterocycles. The number of benzene rings is 1. The van der Waals surface area contributed by atoms with E-state index in [2.05, 4.69) is 5.32 Å². The van der Waals surface area contributed by atoms with Gasteiger partial charge in [-0.15, -0.1) is 0 Å². The highest BCUT2D eigenvalue weighted by Crippen LogP contribution is 2.48. The van der Waals surface area contributed by atoms with Crippen molar-refractivity contribution in [3.05, 3.63) is 42.2 Å². The van der Waals surface area contributed by atoms with Gasteiger partial charge >= 0.3 is 0 Å². The zero-order valence-corrected chi connectivity index (χ0v) is 10.6. The third-order valence-corrected chi connectivity index (χ3v) is 4.15. The molecule has 0 radical (unpaired) electrons. The average molecular weight is 274 g/mol. The number of carbonyl (C=O) groups is 2. The first-order valence-corrected chi connectivity index (χ1v) is 6.52. The number of hydrogen-bond donors (Lipinski definition) is 1. The van der Waals surface area contributed by atoms with Gasteiger partial charge in [0.1, 0.15) is 5.82 Å². The predicted octanol–water partition coefficient (Wildman–Crippen LogP) is 0.952. The quantitative estimate of drug-likeness (QED) is 0.834. The van der Waals surface area contributed by atoms with E-state index in [9.17, 15) is 19.1 Å². The van der Waals surface area contributed by atoms with Crippen LogP contribution in [0.2, 0.25) is 0 Å². The van der Waals surface area contributed by atoms with Crippen LogP contribution in [0.1, 0.15) is 6.42 Å². The minimum Gasteiger partial charge on any atom is -0.550 e. The Hall–Kier alpha value is -2.17. The third kappa shape index (κ3) is 2.09. The van der Waals surface area contributed by atoms with Gasteiger partial charge in [-0.1, -0.05) is 12.2 Å². The van der Waals surface area contributed by atoms with Crippen molar-refractivity contribution >= 4 is 17.6 Å². The summed E-state index contributed by atoms with van der Waals surface area (Å²) >= 11 is 0. The van der Waals surface area contributed by atoms with Crippen molar-refractivity contribution in [2.45, 2.75) is 6.42 Å². The molecular formula is C15H13FNO3-. The molecule has 1 N–H and O–H groups in total. The summed E-state index contributed by atoms with van der Waals surface area (Å²) in [6.45, 7) is 0. The molecule has 4 atom stereocenters. The van der Waals surface area contributed by atoms with Gasteiger partial charge in [0.15, 0.2) is 0 Å². The van der Waals surface area contributed by atoms with Crippen LogP contribution in [0.5, 0.6) is 0 Å². The Morgan fingerprint density at radius 1 is 1.10 bits per heavy atom. The van der Waals surface area contributed by atoms with Crippen molar-refractivity contribution in [1.29, 1.82) is 0 Å². The van der Waals surface area contributed by atoms with E-state index in [1.807, 2.05) is 12.2 Å². The summed E-state index contributed by atoms with van der Waals surface area (Å²) in [7, 11) is 0. The fraction of sp³-hybridized carbons (Fsp3) is 0.333. The molecule has 1 amide bonds. The van der Waals surface area contributed by atoms with Crippen molar-refractivity contribution in [2.24, 2.45) is 23.7 Å². The molecule has 5 heteroatoms. The number of carboxylic acid groups (broad SMARTS) is 1. The highest BCUT2D eigenvalue weighted by atomic mass is 19.1. The van der Waals surface area contributed by atoms with Gasteiger partial charge in [0, 0.05) is 17.6 Å². The Morgan fingerprint density at radius 3 is 2.30 bits per heavy atom. The maximum Gasteiger partial charge on any atom is 0.228 e. The van der Waals surface area contributed by atoms with Crippen molar-refractivity contribution in [2.75, 3.05) is 5.32 Å². The monoisotopic (exact) mass is 274 g/mol. The van der Waals surface area contributed by atoms with Gasteiger partial charge < -0.3 is 15.2 Å². The second-order valence-electron chi connectivity index (χ2n) is 5.32. The smallest absolute Gasteiger partial charge is 0.228 e. The summed E-state index contributed by atoms with van der Waals surface area (Å²) in [5.41, 5.74) is 0.459. The molecule has 0 aliphatic heterocycles. The second kappa shape index (κ2) is 4.74. The number of carbonyl (C=O) groups excluding carboxylic acids is 2. The topological polar surface area (TPSA) is 69.2 Å². The maximum absolute atomic E-state index is 12.8. The molecule has 0 heterocycles. The largest absolute Gasteiger partial charge is 0.550 e. The molecule has 3 rings (SSSR count). The average Bonchev–Trinajstić information content (AvgIpc) is 3.01. The predicted molar refractivity (Wildman–Crippen MR) is 67.8 cm³/mol. The summed E-state index contributed by atoms with van der Waals surface area (Å²) in [5.74, 6) is -3.47. The van der Waals surface area contributed by atoms with Crippen LogP contribution >= 0.6 is 0 Å². The number of allylic oxidation sites excluding steroid dienone is 2. The minimum atomic E-state index is -1.18. The van der Waals surface area contributed by atoms with Crippen LogP contribution in [0, 0.1) is 29.5 Å². The molecule has 1 saturated carbocycles. The minimum absolute atomic E-state index is 0.0525. The molecule has 2 aliphatic carbocycles. The number of fused-ring (bicyclic) bond motifs is 2. The molecular weight excluding hydrogens is 261 g/mol. The van der Waals surface area contributed by atoms with Crippen molar-refractivity contribution in [1.82, 2.24) is 0 Å². The van der Waals surface area contributed by atoms with Gasteiger partial charge in [-0.3, -0.25) is 4.79 Å². The molecule has 0 spiro atoms. The van der Waals surface area contributed by atoms with Gasteiger partial charge in [-0.2, -0.15) is 0 Å². The summed E-state index contributed by atoms with van der Waals surface area (Å²) < 4.78 is 12.8. The molecule has 0 aromatic heterocycles. The van der Waals surface area contributed by atoms with E-state index >= 15 is 0 Å². The Balaban J connectivity index is 1.78. The molecule has 1 fully saturated rings. The summed E-state index contributed by atoms with van der Waals surface area (Å²) in [5, 5.41) is 13.9. The zero-order chi connectivity index (χ0) is 14.3. The van der Waals surface area contributed by atoms with E-state index in [-0.39, 0.29) is 17.7 Å². The lowest BCUT2D eigenvalue weighted by Gasteiger charge is -2.27. The van der Waals surface area contributed by atoms with Gasteiger partial charge in [0.05, 0.1) is 5.92 Å². The van der Waals surface area contributed by atoms with Crippen LogP contribution in [0.25, 0.3) is 0 Å². The number of rotatable bonds is 3. The molecule has 2 bridgehead atoms. The fourth-order valence-corrected chi connectivity index (χ4v) is 3.26. The summed E-state index contributed by atoms with van der Waals surface area (Å²) in [4.78, 5) is 23.5. The van der Waals surface area contributed by atoms with Crippen molar-refractivity contribution in [3.8, 4) is 0 Å². The van der Waals surface area contributed by atoms with E-state index in [4.69, 9.17) is 0 Å². The number of hydrogen-bond acceptors (Lipinski definition) is 3. The number of aliphatic carboxylic acids is 1. The van der Waals surface area contributed by atoms with Gasteiger partial charge in [0.25, 0.3) is 0 Å². The van der Waals surface area contributed by atoms with E-state index in [1.165, 1.54) is 24.3 Å². The van der Waals surface area contributed by atoms with Crippen LogP contribution in [0.15, 0.2) is 36.4 Å². The standard InChI is InChI=1S/C15H14FNO3/c16-10-3-5-11(6-4-10)17-14(18)12-8-1-2-9(7-8)13(12)15(19)20/h1-6,8-9,12-13H,7H2,(H,17,18)(H,19,20)/p-1/t8-,9+,12+,13+/m0/s1. The first-order valence-electron chi connectivity index (χ1n) is 6.52. The highest BCUT2D eigenvalue weighted by Gasteiger charge is 2.48. The fourth-order valence-electron chi connectivity index (χ4n) is 3.26. The maximum atomic E-state index is 12.8. The summed E-state index contributed by atoms with van der Waals surface area (Å²) in [6, 6.07) is 5.38. The lowest BCUT2D eigenvalue weighted by atomic mass is 9.82. The van der Waals surface area contributed by atoms with Gasteiger partial charge in [0.2, 0.25) is 5.91 Å². The van der Waals surface area contributed by atoms with Gasteiger partial charge in [-0.05, 0) is 42.5 Å². The third-order valence-electron chi connectivity index (χ3n) is 4.15. The molecule has 20 heavy (non-hydrogen) atoms. The molecule has 4 nitrogen and oxygen atoms in total. The van der Waals surface area contributed by atoms with Gasteiger partial charge in [-0.25, -0.2) is 4.39 Å². The molecule has 1 aromatic rings. The summed E-state index contributed by atoms with van der Waals surface area (Å²) in [6.07, 6.45) is 4.44. The Labute approximate surface area is 115 Å². The lowest BCUT2D eigenvalue weighted by Crippen LogP contribution is -2.42. The number of anilines is 1. The van der Waals surface area contributed by atoms with Crippen molar-refractivity contribution < 1.29 is 19.1 Å². The van der Waals surface area contributed by atoms with Crippen LogP contribution in [0.3, 0.4) is 0 Å². The zero-order valence-electron chi connectivity index (χ0n) is 10.6. The van der Waals surface area contributed by atoms with E-state index in [1.54, 1.807) is 0 Å². The molecule has 0 unspecified atom stereocenters. The second-order valence-corrected chi connectivity index (χ2v) is 5.32. The molecule has 1 aromatic carbocycles. The van der Waals surface area contributed by atoms with E-state index < -0.39 is 23.6 Å². The normalized spacial score (nSPS) is 30.4. The van der Waals surface area contributed by atoms with E-state index in [0.29, 0.717) is 12.1 Å². The van der Waals surface area contributed by atoms with Crippen LogP contribution in [0.4, 0.5) is 10.1 Å². The number of nitrogens with one attached hydrogen (secondary N) is 1. The number of carboxylic acids is 1. The first-order chi connectivity index (χ1) is 9.56. The Bertz CT molecular complexity index is 581. The lowest BCUT2D eigenvalue weighted by molar-refractivity contribution is -0.313. The molecule has 2 aliphatic rings. The highest BCUT2D eigenvalue weighted by molar-refractivity contribution is 5.96.